The minimum absolute atomic E-state index is 0.0911. The molecule has 1 aromatic rings. The Labute approximate surface area is 102 Å². The smallest absolute Gasteiger partial charge is 0.0579 e. The van der Waals surface area contributed by atoms with Crippen molar-refractivity contribution in [1.29, 1.82) is 0 Å². The van der Waals surface area contributed by atoms with Crippen LogP contribution in [0, 0.1) is 0 Å². The van der Waals surface area contributed by atoms with Crippen LogP contribution in [0.1, 0.15) is 38.3 Å². The van der Waals surface area contributed by atoms with E-state index in [1.165, 1.54) is 18.5 Å². The molecule has 3 nitrogen and oxygen atoms in total. The number of piperidine rings is 1. The van der Waals surface area contributed by atoms with Gasteiger partial charge < -0.3 is 10.0 Å². The van der Waals surface area contributed by atoms with Crippen molar-refractivity contribution in [2.45, 2.75) is 57.2 Å². The van der Waals surface area contributed by atoms with E-state index < -0.39 is 0 Å². The maximum Gasteiger partial charge on any atom is 0.0579 e. The van der Waals surface area contributed by atoms with E-state index in [0.717, 1.165) is 25.0 Å². The number of pyridine rings is 1. The van der Waals surface area contributed by atoms with Gasteiger partial charge in [-0.1, -0.05) is 6.92 Å². The van der Waals surface area contributed by atoms with E-state index in [1.54, 1.807) is 0 Å². The maximum atomic E-state index is 9.79. The van der Waals surface area contributed by atoms with Gasteiger partial charge in [0.15, 0.2) is 0 Å². The highest BCUT2D eigenvalue weighted by atomic mass is 16.3. The Hall–Kier alpha value is -1.09. The average Bonchev–Trinajstić information content (AvgIpc) is 2.62. The lowest BCUT2D eigenvalue weighted by molar-refractivity contribution is 0.126. The van der Waals surface area contributed by atoms with Crippen LogP contribution in [0.5, 0.6) is 0 Å². The van der Waals surface area contributed by atoms with Crippen LogP contribution in [0.3, 0.4) is 0 Å². The third-order valence-electron chi connectivity index (χ3n) is 4.18. The van der Waals surface area contributed by atoms with E-state index >= 15 is 0 Å². The Morgan fingerprint density at radius 2 is 2.00 bits per heavy atom. The molecule has 2 atom stereocenters. The van der Waals surface area contributed by atoms with Crippen LogP contribution in [-0.2, 0) is 6.42 Å². The molecule has 2 unspecified atom stereocenters. The lowest BCUT2D eigenvalue weighted by Gasteiger charge is -2.38. The van der Waals surface area contributed by atoms with Crippen LogP contribution < -0.4 is 4.90 Å². The molecule has 0 amide bonds. The number of aliphatic hydroxyl groups is 1. The maximum absolute atomic E-state index is 9.79. The molecule has 0 saturated carbocycles. The summed E-state index contributed by atoms with van der Waals surface area (Å²) in [5, 5.41) is 9.79. The van der Waals surface area contributed by atoms with Crippen molar-refractivity contribution < 1.29 is 5.11 Å². The number of hydrogen-bond donors (Lipinski definition) is 1. The molecule has 3 heteroatoms. The van der Waals surface area contributed by atoms with Gasteiger partial charge in [-0.15, -0.1) is 0 Å². The van der Waals surface area contributed by atoms with Crippen molar-refractivity contribution in [1.82, 2.24) is 4.98 Å². The topological polar surface area (TPSA) is 36.4 Å². The van der Waals surface area contributed by atoms with Crippen LogP contribution >= 0.6 is 0 Å². The second-order valence-corrected chi connectivity index (χ2v) is 5.28. The molecule has 0 aromatic carbocycles. The van der Waals surface area contributed by atoms with Gasteiger partial charge in [0.2, 0.25) is 0 Å². The molecule has 3 rings (SSSR count). The molecule has 0 radical (unpaired) electrons. The van der Waals surface area contributed by atoms with E-state index in [1.807, 2.05) is 6.20 Å². The number of anilines is 1. The summed E-state index contributed by atoms with van der Waals surface area (Å²) >= 11 is 0. The standard InChI is InChI=1S/C14H20N2O/c1-2-10-3-4-13(9-15-10)16-11-5-6-12(16)8-14(17)7-11/h3-4,9,11-12,14,17H,2,5-8H2,1H3. The van der Waals surface area contributed by atoms with Crippen LogP contribution in [-0.4, -0.2) is 28.3 Å². The number of aliphatic hydroxyl groups excluding tert-OH is 1. The monoisotopic (exact) mass is 232 g/mol. The summed E-state index contributed by atoms with van der Waals surface area (Å²) in [5.74, 6) is 0. The van der Waals surface area contributed by atoms with Crippen LogP contribution in [0.25, 0.3) is 0 Å². The zero-order valence-corrected chi connectivity index (χ0v) is 10.3. The minimum atomic E-state index is -0.0911. The molecular weight excluding hydrogens is 212 g/mol. The summed E-state index contributed by atoms with van der Waals surface area (Å²) in [6.45, 7) is 2.13. The van der Waals surface area contributed by atoms with Crippen LogP contribution in [0.15, 0.2) is 18.3 Å². The normalized spacial score (nSPS) is 31.9. The Kier molecular flexibility index (Phi) is 2.79. The van der Waals surface area contributed by atoms with Crippen molar-refractivity contribution in [2.75, 3.05) is 4.90 Å². The van der Waals surface area contributed by atoms with Gasteiger partial charge in [0.1, 0.15) is 0 Å². The first-order chi connectivity index (χ1) is 8.28. The molecule has 92 valence electrons. The summed E-state index contributed by atoms with van der Waals surface area (Å²) in [6.07, 6.45) is 7.19. The van der Waals surface area contributed by atoms with Crippen molar-refractivity contribution in [3.8, 4) is 0 Å². The second kappa shape index (κ2) is 4.30. The molecular formula is C14H20N2O. The first kappa shape index (κ1) is 11.0. The molecule has 1 N–H and O–H groups in total. The number of aromatic nitrogens is 1. The number of aryl methyl sites for hydroxylation is 1. The third-order valence-corrected chi connectivity index (χ3v) is 4.18. The van der Waals surface area contributed by atoms with Crippen molar-refractivity contribution in [3.05, 3.63) is 24.0 Å². The van der Waals surface area contributed by atoms with Gasteiger partial charge in [-0.2, -0.15) is 0 Å². The predicted molar refractivity (Wildman–Crippen MR) is 68.1 cm³/mol. The molecule has 2 saturated heterocycles. The molecule has 1 aromatic heterocycles. The Bertz CT molecular complexity index is 376. The average molecular weight is 232 g/mol. The Morgan fingerprint density at radius 1 is 1.29 bits per heavy atom. The number of nitrogens with zero attached hydrogens (tertiary/aromatic N) is 2. The summed E-state index contributed by atoms with van der Waals surface area (Å²) in [7, 11) is 0. The predicted octanol–water partition coefficient (Wildman–Crippen LogP) is 2.14. The Balaban J connectivity index is 1.84. The SMILES string of the molecule is CCc1ccc(N2C3CCC2CC(O)C3)cn1. The highest BCUT2D eigenvalue weighted by molar-refractivity contribution is 5.49. The molecule has 2 bridgehead atoms. The molecule has 2 fully saturated rings. The number of fused-ring (bicyclic) bond motifs is 2. The Morgan fingerprint density at radius 3 is 2.53 bits per heavy atom. The van der Waals surface area contributed by atoms with Gasteiger partial charge in [-0.3, -0.25) is 4.98 Å². The van der Waals surface area contributed by atoms with Crippen LogP contribution in [0.2, 0.25) is 0 Å². The highest BCUT2D eigenvalue weighted by Gasteiger charge is 2.40. The fourth-order valence-electron chi connectivity index (χ4n) is 3.35. The minimum Gasteiger partial charge on any atom is -0.393 e. The van der Waals surface area contributed by atoms with Gasteiger partial charge in [-0.25, -0.2) is 0 Å². The first-order valence-electron chi connectivity index (χ1n) is 6.69. The molecule has 2 aliphatic heterocycles. The van der Waals surface area contributed by atoms with E-state index in [9.17, 15) is 5.11 Å². The van der Waals surface area contributed by atoms with Crippen molar-refractivity contribution in [3.63, 3.8) is 0 Å². The largest absolute Gasteiger partial charge is 0.393 e. The van der Waals surface area contributed by atoms with Crippen LogP contribution in [0.4, 0.5) is 5.69 Å². The summed E-state index contributed by atoms with van der Waals surface area (Å²) in [6, 6.07) is 5.37. The molecule has 0 spiro atoms. The van der Waals surface area contributed by atoms with E-state index in [4.69, 9.17) is 0 Å². The number of hydrogen-bond acceptors (Lipinski definition) is 3. The fourth-order valence-corrected chi connectivity index (χ4v) is 3.35. The summed E-state index contributed by atoms with van der Waals surface area (Å²) in [5.41, 5.74) is 2.39. The fraction of sp³-hybridized carbons (Fsp3) is 0.643. The van der Waals surface area contributed by atoms with E-state index in [-0.39, 0.29) is 6.10 Å². The molecule has 0 aliphatic carbocycles. The van der Waals surface area contributed by atoms with Crippen molar-refractivity contribution >= 4 is 5.69 Å². The van der Waals surface area contributed by atoms with Crippen molar-refractivity contribution in [2.24, 2.45) is 0 Å². The van der Waals surface area contributed by atoms with Gasteiger partial charge in [-0.05, 0) is 44.2 Å². The van der Waals surface area contributed by atoms with E-state index in [0.29, 0.717) is 12.1 Å². The van der Waals surface area contributed by atoms with Gasteiger partial charge in [0, 0.05) is 17.8 Å². The quantitative estimate of drug-likeness (QED) is 0.848. The molecule has 3 heterocycles. The molecule has 17 heavy (non-hydrogen) atoms. The number of rotatable bonds is 2. The van der Waals surface area contributed by atoms with Gasteiger partial charge in [0.05, 0.1) is 18.0 Å². The van der Waals surface area contributed by atoms with E-state index in [2.05, 4.69) is 28.9 Å². The highest BCUT2D eigenvalue weighted by Crippen LogP contribution is 2.38. The lowest BCUT2D eigenvalue weighted by Crippen LogP contribution is -2.44. The summed E-state index contributed by atoms with van der Waals surface area (Å²) in [4.78, 5) is 6.97. The zero-order valence-electron chi connectivity index (χ0n) is 10.3. The summed E-state index contributed by atoms with van der Waals surface area (Å²) < 4.78 is 0. The van der Waals surface area contributed by atoms with Gasteiger partial charge >= 0.3 is 0 Å². The third kappa shape index (κ3) is 1.93. The lowest BCUT2D eigenvalue weighted by atomic mass is 9.99. The van der Waals surface area contributed by atoms with Gasteiger partial charge in [0.25, 0.3) is 0 Å². The first-order valence-corrected chi connectivity index (χ1v) is 6.69. The zero-order chi connectivity index (χ0) is 11.8. The second-order valence-electron chi connectivity index (χ2n) is 5.28. The molecule has 2 aliphatic rings.